The number of ether oxygens (including phenoxy) is 1. The number of nitrogens with zero attached hydrogens (tertiary/aromatic N) is 1. The molecule has 0 aliphatic carbocycles. The number of nitrogens with one attached hydrogen (secondary N) is 1. The number of hydrogen-bond acceptors (Lipinski definition) is 3. The third-order valence-corrected chi connectivity index (χ3v) is 10.4. The summed E-state index contributed by atoms with van der Waals surface area (Å²) in [5.41, 5.74) is 1.42. The normalized spacial score (nSPS) is 14.4. The summed E-state index contributed by atoms with van der Waals surface area (Å²) in [5.74, 6) is 0.573. The molecule has 5 rings (SSSR count). The van der Waals surface area contributed by atoms with Crippen LogP contribution in [0.1, 0.15) is 10.4 Å². The summed E-state index contributed by atoms with van der Waals surface area (Å²) in [6.07, 6.45) is 0. The van der Waals surface area contributed by atoms with Crippen molar-refractivity contribution in [2.75, 3.05) is 20.2 Å². The van der Waals surface area contributed by atoms with Gasteiger partial charge in [-0.3, -0.25) is 10.1 Å². The van der Waals surface area contributed by atoms with E-state index in [4.69, 9.17) is 4.74 Å². The van der Waals surface area contributed by atoms with Gasteiger partial charge in [-0.05, 0) is 48.5 Å². The van der Waals surface area contributed by atoms with Gasteiger partial charge in [0.1, 0.15) is 22.5 Å². The van der Waals surface area contributed by atoms with E-state index in [0.29, 0.717) is 12.2 Å². The molecule has 0 radical (unpaired) electrons. The molecule has 4 nitrogen and oxygen atoms in total. The zero-order valence-electron chi connectivity index (χ0n) is 20.1. The number of rotatable bonds is 6. The number of hydrogen-bond donors (Lipinski definition) is 1. The third kappa shape index (κ3) is 4.75. The van der Waals surface area contributed by atoms with Gasteiger partial charge in [0.05, 0.1) is 6.54 Å². The molecule has 0 atom stereocenters. The van der Waals surface area contributed by atoms with E-state index < -0.39 is 7.26 Å². The highest BCUT2D eigenvalue weighted by Crippen LogP contribution is 2.62. The van der Waals surface area contributed by atoms with Crippen LogP contribution in [0.2, 0.25) is 0 Å². The molecule has 36 heavy (non-hydrogen) atoms. The molecule has 1 N–H and O–H groups in total. The van der Waals surface area contributed by atoms with Gasteiger partial charge < -0.3 is 22.0 Å². The highest BCUT2D eigenvalue weighted by atomic mass is 35.5. The fraction of sp³-hybridized carbons (Fsp3) is 0.100. The standard InChI is InChI=1S/C30H27N2O2P.ClH/c1-32-22-23-34-30(32)29(31-28(33)24-14-6-2-7-15-24)35(25-16-8-3-9-17-25,26-18-10-4-11-19-26)27-20-12-5-13-21-27;/h2-21H,22-23H2,1H3;1H/b30-29-;. The van der Waals surface area contributed by atoms with E-state index in [1.165, 1.54) is 0 Å². The molecule has 182 valence electrons. The van der Waals surface area contributed by atoms with Crippen molar-refractivity contribution in [3.63, 3.8) is 0 Å². The number of amides is 1. The lowest BCUT2D eigenvalue weighted by Crippen LogP contribution is -3.00. The van der Waals surface area contributed by atoms with Crippen LogP contribution in [0.5, 0.6) is 0 Å². The molecule has 0 aromatic heterocycles. The first-order valence-corrected chi connectivity index (χ1v) is 13.5. The predicted molar refractivity (Wildman–Crippen MR) is 145 cm³/mol. The van der Waals surface area contributed by atoms with Gasteiger partial charge in [0.2, 0.25) is 5.44 Å². The van der Waals surface area contributed by atoms with Crippen LogP contribution >= 0.6 is 7.26 Å². The molecule has 1 fully saturated rings. The molecular formula is C30H28ClN2O2P. The highest BCUT2D eigenvalue weighted by Gasteiger charge is 2.54. The van der Waals surface area contributed by atoms with Gasteiger partial charge in [-0.15, -0.1) is 0 Å². The van der Waals surface area contributed by atoms with E-state index >= 15 is 0 Å². The van der Waals surface area contributed by atoms with Crippen molar-refractivity contribution in [1.82, 2.24) is 10.2 Å². The quantitative estimate of drug-likeness (QED) is 0.397. The average Bonchev–Trinajstić information content (AvgIpc) is 3.36. The van der Waals surface area contributed by atoms with Crippen LogP contribution in [0.25, 0.3) is 0 Å². The molecule has 1 saturated heterocycles. The maximum atomic E-state index is 13.7. The summed E-state index contributed by atoms with van der Waals surface area (Å²) < 4.78 is 6.25. The van der Waals surface area contributed by atoms with Crippen molar-refractivity contribution >= 4 is 29.1 Å². The van der Waals surface area contributed by atoms with E-state index in [2.05, 4.69) is 83.0 Å². The first-order chi connectivity index (χ1) is 17.2. The van der Waals surface area contributed by atoms with Crippen LogP contribution in [0.4, 0.5) is 0 Å². The minimum Gasteiger partial charge on any atom is -1.00 e. The minimum absolute atomic E-state index is 0. The van der Waals surface area contributed by atoms with Crippen LogP contribution in [0.3, 0.4) is 0 Å². The molecule has 6 heteroatoms. The first-order valence-electron chi connectivity index (χ1n) is 11.7. The number of halogens is 1. The maximum Gasteiger partial charge on any atom is 0.258 e. The Kier molecular flexibility index (Phi) is 8.10. The first kappa shape index (κ1) is 25.5. The van der Waals surface area contributed by atoms with E-state index in [-0.39, 0.29) is 18.3 Å². The van der Waals surface area contributed by atoms with Crippen LogP contribution in [-0.2, 0) is 4.74 Å². The summed E-state index contributed by atoms with van der Waals surface area (Å²) in [6, 6.07) is 40.8. The van der Waals surface area contributed by atoms with Crippen molar-refractivity contribution in [2.24, 2.45) is 0 Å². The Morgan fingerprint density at radius 3 is 1.53 bits per heavy atom. The summed E-state index contributed by atoms with van der Waals surface area (Å²) in [4.78, 5) is 15.8. The molecule has 4 aromatic rings. The lowest BCUT2D eigenvalue weighted by atomic mass is 10.2. The molecule has 1 aliphatic rings. The summed E-state index contributed by atoms with van der Waals surface area (Å²) >= 11 is 0. The van der Waals surface area contributed by atoms with Crippen LogP contribution in [-0.4, -0.2) is 31.0 Å². The lowest BCUT2D eigenvalue weighted by Gasteiger charge is -2.30. The van der Waals surface area contributed by atoms with Crippen molar-refractivity contribution < 1.29 is 21.9 Å². The van der Waals surface area contributed by atoms with Gasteiger partial charge in [-0.25, -0.2) is 0 Å². The summed E-state index contributed by atoms with van der Waals surface area (Å²) in [7, 11) is -0.523. The minimum atomic E-state index is -2.54. The van der Waals surface area contributed by atoms with Gasteiger partial charge in [-0.1, -0.05) is 72.8 Å². The fourth-order valence-corrected chi connectivity index (χ4v) is 8.90. The zero-order valence-corrected chi connectivity index (χ0v) is 21.7. The van der Waals surface area contributed by atoms with Gasteiger partial charge in [-0.2, -0.15) is 0 Å². The topological polar surface area (TPSA) is 41.6 Å². The van der Waals surface area contributed by atoms with E-state index in [9.17, 15) is 4.79 Å². The molecule has 1 amide bonds. The Morgan fingerprint density at radius 1 is 0.722 bits per heavy atom. The molecular weight excluding hydrogens is 487 g/mol. The fourth-order valence-electron chi connectivity index (χ4n) is 4.58. The third-order valence-electron chi connectivity index (χ3n) is 6.25. The highest BCUT2D eigenvalue weighted by molar-refractivity contribution is 7.99. The van der Waals surface area contributed by atoms with Gasteiger partial charge in [0, 0.05) is 12.6 Å². The van der Waals surface area contributed by atoms with Crippen molar-refractivity contribution in [3.05, 3.63) is 138 Å². The maximum absolute atomic E-state index is 13.7. The average molecular weight is 515 g/mol. The monoisotopic (exact) mass is 514 g/mol. The molecule has 1 aliphatic heterocycles. The number of likely N-dealkylation sites (N-methyl/N-ethyl adjacent to an activating group) is 1. The summed E-state index contributed by atoms with van der Waals surface area (Å²) in [5, 5.41) is 6.82. The second-order valence-corrected chi connectivity index (χ2v) is 11.8. The van der Waals surface area contributed by atoms with Crippen molar-refractivity contribution in [1.29, 1.82) is 0 Å². The van der Waals surface area contributed by atoms with E-state index in [1.54, 1.807) is 0 Å². The van der Waals surface area contributed by atoms with Crippen molar-refractivity contribution in [2.45, 2.75) is 0 Å². The molecule has 0 unspecified atom stereocenters. The van der Waals surface area contributed by atoms with Crippen molar-refractivity contribution in [3.8, 4) is 0 Å². The molecule has 0 spiro atoms. The summed E-state index contributed by atoms with van der Waals surface area (Å²) in [6.45, 7) is 1.34. The Morgan fingerprint density at radius 2 is 1.14 bits per heavy atom. The second-order valence-electron chi connectivity index (χ2n) is 8.42. The smallest absolute Gasteiger partial charge is 0.258 e. The Bertz CT molecular complexity index is 1220. The second kappa shape index (κ2) is 11.4. The molecule has 4 aromatic carbocycles. The predicted octanol–water partition coefficient (Wildman–Crippen LogP) is 1.50. The van der Waals surface area contributed by atoms with E-state index in [1.807, 2.05) is 55.6 Å². The molecule has 0 bridgehead atoms. The number of benzene rings is 4. The molecule has 1 heterocycles. The largest absolute Gasteiger partial charge is 1.00 e. The van der Waals surface area contributed by atoms with Gasteiger partial charge in [0.25, 0.3) is 11.8 Å². The number of carbonyl (C=O) groups excluding carboxylic acids is 1. The Labute approximate surface area is 219 Å². The van der Waals surface area contributed by atoms with Crippen LogP contribution < -0.4 is 33.6 Å². The molecule has 0 saturated carbocycles. The van der Waals surface area contributed by atoms with Crippen LogP contribution in [0.15, 0.2) is 133 Å². The number of carbonyl (C=O) groups is 1. The van der Waals surface area contributed by atoms with Gasteiger partial charge in [0.15, 0.2) is 7.26 Å². The Hall–Kier alpha value is -3.59. The lowest BCUT2D eigenvalue weighted by molar-refractivity contribution is -0.0000155. The zero-order chi connectivity index (χ0) is 24.1. The van der Waals surface area contributed by atoms with Gasteiger partial charge >= 0.3 is 0 Å². The SMILES string of the molecule is CN1CCO/C1=C(/NC(=O)c1ccccc1)[P+](c1ccccc1)(c1ccccc1)c1ccccc1.[Cl-]. The van der Waals surface area contributed by atoms with E-state index in [0.717, 1.165) is 33.8 Å². The Balaban J connectivity index is 0.00000304. The van der Waals surface area contributed by atoms with Crippen LogP contribution in [0, 0.1) is 0 Å².